The molecule has 2 aliphatic carbocycles. The summed E-state index contributed by atoms with van der Waals surface area (Å²) < 4.78 is 0. The summed E-state index contributed by atoms with van der Waals surface area (Å²) in [6, 6.07) is 9.06. The molecule has 0 N–H and O–H groups in total. The van der Waals surface area contributed by atoms with Crippen LogP contribution in [-0.4, -0.2) is 4.98 Å². The predicted molar refractivity (Wildman–Crippen MR) is 83.0 cm³/mol. The van der Waals surface area contributed by atoms with Crippen LogP contribution in [0.2, 0.25) is 0 Å². The zero-order valence-corrected chi connectivity index (χ0v) is 12.0. The maximum atomic E-state index is 4.77. The number of nitrogens with zero attached hydrogens (tertiary/aromatic N) is 1. The molecule has 0 aliphatic heterocycles. The summed E-state index contributed by atoms with van der Waals surface area (Å²) >= 11 is 0. The van der Waals surface area contributed by atoms with Gasteiger partial charge in [0.05, 0.1) is 5.69 Å². The second-order valence-corrected chi connectivity index (χ2v) is 6.15. The molecule has 0 saturated carbocycles. The van der Waals surface area contributed by atoms with Gasteiger partial charge in [-0.1, -0.05) is 18.2 Å². The van der Waals surface area contributed by atoms with Crippen LogP contribution in [0.3, 0.4) is 0 Å². The molecule has 0 spiro atoms. The summed E-state index contributed by atoms with van der Waals surface area (Å²) in [6.07, 6.45) is 12.3. The van der Waals surface area contributed by atoms with E-state index in [1.54, 1.807) is 11.1 Å². The SMILES string of the molecule is c1cc2c(c(-c3nccc4c3CCCC4)c1)CCCC2. The minimum atomic E-state index is 1.21. The summed E-state index contributed by atoms with van der Waals surface area (Å²) in [5, 5.41) is 0. The minimum absolute atomic E-state index is 1.21. The number of hydrogen-bond acceptors (Lipinski definition) is 1. The maximum Gasteiger partial charge on any atom is 0.0739 e. The van der Waals surface area contributed by atoms with Crippen LogP contribution in [0.4, 0.5) is 0 Å². The van der Waals surface area contributed by atoms with Crippen molar-refractivity contribution in [2.24, 2.45) is 0 Å². The molecular formula is C19H21N. The Bertz CT molecular complexity index is 585. The zero-order chi connectivity index (χ0) is 13.4. The molecule has 2 aromatic rings. The van der Waals surface area contributed by atoms with E-state index < -0.39 is 0 Å². The third kappa shape index (κ3) is 1.96. The van der Waals surface area contributed by atoms with Crippen molar-refractivity contribution < 1.29 is 0 Å². The Kier molecular flexibility index (Phi) is 3.06. The Hall–Kier alpha value is -1.63. The molecule has 0 amide bonds. The van der Waals surface area contributed by atoms with E-state index in [-0.39, 0.29) is 0 Å². The van der Waals surface area contributed by atoms with Gasteiger partial charge in [-0.25, -0.2) is 0 Å². The van der Waals surface area contributed by atoms with E-state index in [0.29, 0.717) is 0 Å². The third-order valence-corrected chi connectivity index (χ3v) is 4.93. The van der Waals surface area contributed by atoms with Crippen molar-refractivity contribution in [2.75, 3.05) is 0 Å². The molecule has 20 heavy (non-hydrogen) atoms. The van der Waals surface area contributed by atoms with Gasteiger partial charge < -0.3 is 0 Å². The average Bonchev–Trinajstić information content (AvgIpc) is 2.54. The summed E-state index contributed by atoms with van der Waals surface area (Å²) in [7, 11) is 0. The van der Waals surface area contributed by atoms with Crippen LogP contribution in [0.1, 0.15) is 47.9 Å². The Morgan fingerprint density at radius 3 is 2.25 bits per heavy atom. The van der Waals surface area contributed by atoms with Gasteiger partial charge >= 0.3 is 0 Å². The average molecular weight is 263 g/mol. The Balaban J connectivity index is 1.90. The van der Waals surface area contributed by atoms with Crippen LogP contribution in [0, 0.1) is 0 Å². The molecule has 4 rings (SSSR count). The highest BCUT2D eigenvalue weighted by molar-refractivity contribution is 5.70. The summed E-state index contributed by atoms with van der Waals surface area (Å²) in [5.41, 5.74) is 8.89. The fourth-order valence-electron chi connectivity index (χ4n) is 3.90. The van der Waals surface area contributed by atoms with E-state index in [1.165, 1.54) is 73.8 Å². The number of aromatic nitrogens is 1. The monoisotopic (exact) mass is 263 g/mol. The van der Waals surface area contributed by atoms with E-state index in [0.717, 1.165) is 0 Å². The number of rotatable bonds is 1. The fourth-order valence-corrected chi connectivity index (χ4v) is 3.90. The molecule has 0 bridgehead atoms. The van der Waals surface area contributed by atoms with Crippen LogP contribution >= 0.6 is 0 Å². The first kappa shape index (κ1) is 12.1. The molecule has 2 aliphatic rings. The maximum absolute atomic E-state index is 4.77. The van der Waals surface area contributed by atoms with E-state index in [1.807, 2.05) is 6.20 Å². The minimum Gasteiger partial charge on any atom is -0.256 e. The topological polar surface area (TPSA) is 12.9 Å². The van der Waals surface area contributed by atoms with Gasteiger partial charge in [0.25, 0.3) is 0 Å². The molecule has 0 atom stereocenters. The van der Waals surface area contributed by atoms with Crippen molar-refractivity contribution in [3.05, 3.63) is 52.7 Å². The van der Waals surface area contributed by atoms with E-state index >= 15 is 0 Å². The smallest absolute Gasteiger partial charge is 0.0739 e. The second kappa shape index (κ2) is 5.05. The molecule has 1 aromatic carbocycles. The van der Waals surface area contributed by atoms with Gasteiger partial charge in [0.2, 0.25) is 0 Å². The lowest BCUT2D eigenvalue weighted by Gasteiger charge is -2.23. The first-order valence-corrected chi connectivity index (χ1v) is 8.01. The Morgan fingerprint density at radius 1 is 0.700 bits per heavy atom. The molecule has 0 saturated heterocycles. The standard InChI is InChI=1S/C19H21N/c1-3-9-16-14(6-1)8-5-11-18(16)19-17-10-4-2-7-15(17)12-13-20-19/h5,8,11-13H,1-4,6-7,9-10H2. The number of aryl methyl sites for hydroxylation is 2. The molecule has 1 heteroatoms. The van der Waals surface area contributed by atoms with Crippen molar-refractivity contribution in [3.8, 4) is 11.3 Å². The number of pyridine rings is 1. The lowest BCUT2D eigenvalue weighted by molar-refractivity contribution is 0.679. The predicted octanol–water partition coefficient (Wildman–Crippen LogP) is 4.51. The molecule has 1 aromatic heterocycles. The molecule has 0 fully saturated rings. The van der Waals surface area contributed by atoms with Crippen LogP contribution in [-0.2, 0) is 25.7 Å². The van der Waals surface area contributed by atoms with E-state index in [4.69, 9.17) is 4.98 Å². The molecule has 1 heterocycles. The quantitative estimate of drug-likeness (QED) is 0.738. The molecule has 0 radical (unpaired) electrons. The van der Waals surface area contributed by atoms with Crippen LogP contribution < -0.4 is 0 Å². The Labute approximate surface area is 121 Å². The van der Waals surface area contributed by atoms with E-state index in [2.05, 4.69) is 24.3 Å². The van der Waals surface area contributed by atoms with Crippen molar-refractivity contribution in [1.29, 1.82) is 0 Å². The number of benzene rings is 1. The number of hydrogen-bond donors (Lipinski definition) is 0. The van der Waals surface area contributed by atoms with Crippen molar-refractivity contribution >= 4 is 0 Å². The molecule has 0 unspecified atom stereocenters. The zero-order valence-electron chi connectivity index (χ0n) is 12.0. The van der Waals surface area contributed by atoms with Gasteiger partial charge in [0, 0.05) is 11.8 Å². The Morgan fingerprint density at radius 2 is 1.40 bits per heavy atom. The van der Waals surface area contributed by atoms with Crippen molar-refractivity contribution in [1.82, 2.24) is 4.98 Å². The second-order valence-electron chi connectivity index (χ2n) is 6.15. The third-order valence-electron chi connectivity index (χ3n) is 4.93. The van der Waals surface area contributed by atoms with Crippen molar-refractivity contribution in [3.63, 3.8) is 0 Å². The van der Waals surface area contributed by atoms with Gasteiger partial charge in [-0.2, -0.15) is 0 Å². The van der Waals surface area contributed by atoms with Gasteiger partial charge in [-0.15, -0.1) is 0 Å². The normalized spacial score (nSPS) is 17.4. The molecule has 102 valence electrons. The summed E-state index contributed by atoms with van der Waals surface area (Å²) in [6.45, 7) is 0. The van der Waals surface area contributed by atoms with Gasteiger partial charge in [0.15, 0.2) is 0 Å². The van der Waals surface area contributed by atoms with Crippen LogP contribution in [0.5, 0.6) is 0 Å². The molecular weight excluding hydrogens is 242 g/mol. The lowest BCUT2D eigenvalue weighted by atomic mass is 9.83. The largest absolute Gasteiger partial charge is 0.256 e. The first-order valence-electron chi connectivity index (χ1n) is 8.01. The van der Waals surface area contributed by atoms with Gasteiger partial charge in [-0.05, 0) is 79.7 Å². The van der Waals surface area contributed by atoms with E-state index in [9.17, 15) is 0 Å². The van der Waals surface area contributed by atoms with Crippen molar-refractivity contribution in [2.45, 2.75) is 51.4 Å². The first-order chi connectivity index (χ1) is 9.93. The van der Waals surface area contributed by atoms with Gasteiger partial charge in [-0.3, -0.25) is 4.98 Å². The van der Waals surface area contributed by atoms with Crippen LogP contribution in [0.25, 0.3) is 11.3 Å². The lowest BCUT2D eigenvalue weighted by Crippen LogP contribution is -2.09. The highest BCUT2D eigenvalue weighted by Gasteiger charge is 2.19. The fraction of sp³-hybridized carbons (Fsp3) is 0.421. The highest BCUT2D eigenvalue weighted by atomic mass is 14.7. The summed E-state index contributed by atoms with van der Waals surface area (Å²) in [4.78, 5) is 4.77. The highest BCUT2D eigenvalue weighted by Crippen LogP contribution is 2.35. The van der Waals surface area contributed by atoms with Gasteiger partial charge in [0.1, 0.15) is 0 Å². The summed E-state index contributed by atoms with van der Waals surface area (Å²) in [5.74, 6) is 0. The molecule has 1 nitrogen and oxygen atoms in total. The van der Waals surface area contributed by atoms with Crippen LogP contribution in [0.15, 0.2) is 30.5 Å². The number of fused-ring (bicyclic) bond motifs is 2.